The van der Waals surface area contributed by atoms with Crippen molar-refractivity contribution in [2.75, 3.05) is 18.6 Å². The van der Waals surface area contributed by atoms with E-state index in [1.165, 1.54) is 12.1 Å². The van der Waals surface area contributed by atoms with Crippen LogP contribution in [-0.4, -0.2) is 38.0 Å². The number of rotatable bonds is 7. The Kier molecular flexibility index (Phi) is 6.32. The van der Waals surface area contributed by atoms with Crippen molar-refractivity contribution < 1.29 is 18.3 Å². The monoisotopic (exact) mass is 337 g/mol. The van der Waals surface area contributed by atoms with Crippen LogP contribution in [0.4, 0.5) is 0 Å². The zero-order valence-corrected chi connectivity index (χ0v) is 13.5. The molecule has 8 heteroatoms. The van der Waals surface area contributed by atoms with Gasteiger partial charge in [0.25, 0.3) is 0 Å². The van der Waals surface area contributed by atoms with Crippen LogP contribution in [0.3, 0.4) is 0 Å². The summed E-state index contributed by atoms with van der Waals surface area (Å²) in [6, 6.07) is 3.62. The first-order valence-corrected chi connectivity index (χ1v) is 9.05. The highest BCUT2D eigenvalue weighted by atomic mass is 35.5. The zero-order valence-electron chi connectivity index (χ0n) is 11.1. The molecule has 20 heavy (non-hydrogen) atoms. The third kappa shape index (κ3) is 4.66. The highest BCUT2D eigenvalue weighted by molar-refractivity contribution is 7.98. The van der Waals surface area contributed by atoms with Crippen LogP contribution >= 0.6 is 23.4 Å². The highest BCUT2D eigenvalue weighted by Gasteiger charge is 2.18. The van der Waals surface area contributed by atoms with Crippen LogP contribution in [0.25, 0.3) is 0 Å². The molecule has 0 heterocycles. The lowest BCUT2D eigenvalue weighted by atomic mass is 10.2. The fourth-order valence-corrected chi connectivity index (χ4v) is 3.59. The van der Waals surface area contributed by atoms with Gasteiger partial charge in [0.15, 0.2) is 0 Å². The van der Waals surface area contributed by atoms with Crippen molar-refractivity contribution in [2.24, 2.45) is 5.92 Å². The Morgan fingerprint density at radius 3 is 2.70 bits per heavy atom. The van der Waals surface area contributed by atoms with Crippen molar-refractivity contribution in [3.05, 3.63) is 28.8 Å². The van der Waals surface area contributed by atoms with Gasteiger partial charge in [-0.05, 0) is 36.1 Å². The fraction of sp³-hybridized carbons (Fsp3) is 0.417. The first kappa shape index (κ1) is 17.3. The summed E-state index contributed by atoms with van der Waals surface area (Å²) in [5.41, 5.74) is -0.230. The molecule has 1 unspecified atom stereocenters. The summed E-state index contributed by atoms with van der Waals surface area (Å²) in [4.78, 5) is 10.8. The fourth-order valence-electron chi connectivity index (χ4n) is 1.51. The molecule has 0 spiro atoms. The van der Waals surface area contributed by atoms with Gasteiger partial charge >= 0.3 is 5.97 Å². The Balaban J connectivity index is 2.93. The molecule has 0 aliphatic rings. The van der Waals surface area contributed by atoms with E-state index in [0.29, 0.717) is 6.54 Å². The zero-order chi connectivity index (χ0) is 15.3. The van der Waals surface area contributed by atoms with Gasteiger partial charge in [0.1, 0.15) is 0 Å². The Bertz CT molecular complexity index is 589. The molecule has 112 valence electrons. The summed E-state index contributed by atoms with van der Waals surface area (Å²) in [5, 5.41) is 8.95. The molecule has 0 aromatic heterocycles. The minimum atomic E-state index is -3.73. The van der Waals surface area contributed by atoms with Gasteiger partial charge in [-0.2, -0.15) is 11.8 Å². The van der Waals surface area contributed by atoms with E-state index < -0.39 is 16.0 Å². The second-order valence-corrected chi connectivity index (χ2v) is 7.44. The number of halogens is 1. The molecule has 2 N–H and O–H groups in total. The molecule has 0 radical (unpaired) electrons. The number of carboxylic acid groups (broad SMARTS) is 1. The lowest BCUT2D eigenvalue weighted by Crippen LogP contribution is -2.29. The third-order valence-corrected chi connectivity index (χ3v) is 5.20. The van der Waals surface area contributed by atoms with Gasteiger partial charge in [0.05, 0.1) is 15.5 Å². The number of hydrogen-bond donors (Lipinski definition) is 2. The molecular formula is C12H16ClNO4S2. The van der Waals surface area contributed by atoms with Crippen LogP contribution < -0.4 is 4.72 Å². The average molecular weight is 338 g/mol. The second kappa shape index (κ2) is 7.31. The number of nitrogens with one attached hydrogen (secondary N) is 1. The second-order valence-electron chi connectivity index (χ2n) is 4.36. The predicted octanol–water partition coefficient (Wildman–Crippen LogP) is 2.32. The van der Waals surface area contributed by atoms with Crippen molar-refractivity contribution in [1.82, 2.24) is 4.72 Å². The molecule has 0 saturated carbocycles. The molecule has 0 fully saturated rings. The van der Waals surface area contributed by atoms with Gasteiger partial charge in [-0.25, -0.2) is 17.9 Å². The van der Waals surface area contributed by atoms with Crippen molar-refractivity contribution in [3.8, 4) is 0 Å². The number of carbonyl (C=O) groups is 1. The normalized spacial score (nSPS) is 13.2. The van der Waals surface area contributed by atoms with Gasteiger partial charge < -0.3 is 5.11 Å². The SMILES string of the molecule is CSCC(C)CNS(=O)(=O)c1ccc(Cl)c(C(=O)O)c1. The van der Waals surface area contributed by atoms with Crippen molar-refractivity contribution >= 4 is 39.4 Å². The maximum atomic E-state index is 12.1. The number of carboxylic acids is 1. The van der Waals surface area contributed by atoms with Crippen molar-refractivity contribution in [3.63, 3.8) is 0 Å². The summed E-state index contributed by atoms with van der Waals surface area (Å²) >= 11 is 7.35. The van der Waals surface area contributed by atoms with Crippen LogP contribution in [0.15, 0.2) is 23.1 Å². The van der Waals surface area contributed by atoms with Crippen LogP contribution in [0.5, 0.6) is 0 Å². The molecule has 5 nitrogen and oxygen atoms in total. The van der Waals surface area contributed by atoms with Crippen molar-refractivity contribution in [1.29, 1.82) is 0 Å². The van der Waals surface area contributed by atoms with Gasteiger partial charge in [-0.3, -0.25) is 0 Å². The Labute approximate surface area is 127 Å². The standard InChI is InChI=1S/C12H16ClNO4S2/c1-8(7-19-2)6-14-20(17,18)9-3-4-11(13)10(5-9)12(15)16/h3-5,8,14H,6-7H2,1-2H3,(H,15,16). The first-order valence-electron chi connectivity index (χ1n) is 5.79. The molecule has 0 aliphatic heterocycles. The molecule has 1 aromatic carbocycles. The Hall–Kier alpha value is -0.760. The van der Waals surface area contributed by atoms with E-state index >= 15 is 0 Å². The molecule has 0 bridgehead atoms. The van der Waals surface area contributed by atoms with Gasteiger partial charge in [0, 0.05) is 6.54 Å². The molecule has 1 aromatic rings. The molecule has 0 saturated heterocycles. The number of sulfonamides is 1. The molecular weight excluding hydrogens is 322 g/mol. The summed E-state index contributed by atoms with van der Waals surface area (Å²) in [7, 11) is -3.73. The lowest BCUT2D eigenvalue weighted by molar-refractivity contribution is 0.0697. The minimum absolute atomic E-state index is 0.00667. The lowest BCUT2D eigenvalue weighted by Gasteiger charge is -2.12. The Morgan fingerprint density at radius 2 is 2.15 bits per heavy atom. The summed E-state index contributed by atoms with van der Waals surface area (Å²) < 4.78 is 26.6. The summed E-state index contributed by atoms with van der Waals surface area (Å²) in [6.45, 7) is 2.23. The molecule has 1 atom stereocenters. The number of benzene rings is 1. The third-order valence-electron chi connectivity index (χ3n) is 2.55. The van der Waals surface area contributed by atoms with E-state index in [0.717, 1.165) is 11.8 Å². The maximum absolute atomic E-state index is 12.1. The highest BCUT2D eigenvalue weighted by Crippen LogP contribution is 2.20. The van der Waals surface area contributed by atoms with Crippen molar-refractivity contribution in [2.45, 2.75) is 11.8 Å². The number of thioether (sulfide) groups is 1. The molecule has 1 rings (SSSR count). The maximum Gasteiger partial charge on any atom is 0.337 e. The smallest absolute Gasteiger partial charge is 0.337 e. The van der Waals surface area contributed by atoms with E-state index in [2.05, 4.69) is 4.72 Å². The largest absolute Gasteiger partial charge is 0.478 e. The summed E-state index contributed by atoms with van der Waals surface area (Å²) in [5.74, 6) is -0.238. The van der Waals surface area contributed by atoms with Crippen LogP contribution in [0, 0.1) is 5.92 Å². The minimum Gasteiger partial charge on any atom is -0.478 e. The van der Waals surface area contributed by atoms with E-state index in [1.54, 1.807) is 11.8 Å². The van der Waals surface area contributed by atoms with E-state index in [-0.39, 0.29) is 21.4 Å². The van der Waals surface area contributed by atoms with Crippen LogP contribution in [-0.2, 0) is 10.0 Å². The quantitative estimate of drug-likeness (QED) is 0.797. The van der Waals surface area contributed by atoms with E-state index in [4.69, 9.17) is 16.7 Å². The average Bonchev–Trinajstić information content (AvgIpc) is 2.37. The Morgan fingerprint density at radius 1 is 1.50 bits per heavy atom. The van der Waals surface area contributed by atoms with Gasteiger partial charge in [-0.1, -0.05) is 18.5 Å². The van der Waals surface area contributed by atoms with Gasteiger partial charge in [-0.15, -0.1) is 0 Å². The van der Waals surface area contributed by atoms with Gasteiger partial charge in [0.2, 0.25) is 10.0 Å². The predicted molar refractivity (Wildman–Crippen MR) is 81.1 cm³/mol. The van der Waals surface area contributed by atoms with Crippen LogP contribution in [0.2, 0.25) is 5.02 Å². The number of hydrogen-bond acceptors (Lipinski definition) is 4. The topological polar surface area (TPSA) is 83.5 Å². The molecule has 0 amide bonds. The van der Waals surface area contributed by atoms with E-state index in [9.17, 15) is 13.2 Å². The molecule has 0 aliphatic carbocycles. The van der Waals surface area contributed by atoms with E-state index in [1.807, 2.05) is 13.2 Å². The number of aromatic carboxylic acids is 1. The summed E-state index contributed by atoms with van der Waals surface area (Å²) in [6.07, 6.45) is 1.95. The first-order chi connectivity index (χ1) is 9.27. The van der Waals surface area contributed by atoms with Crippen LogP contribution in [0.1, 0.15) is 17.3 Å².